The van der Waals surface area contributed by atoms with Crippen molar-refractivity contribution < 1.29 is 17.7 Å². The van der Waals surface area contributed by atoms with E-state index in [-0.39, 0.29) is 30.8 Å². The molecule has 1 aromatic rings. The number of rotatable bonds is 6. The van der Waals surface area contributed by atoms with E-state index in [1.165, 1.54) is 0 Å². The van der Waals surface area contributed by atoms with Gasteiger partial charge in [-0.05, 0) is 12.8 Å². The van der Waals surface area contributed by atoms with Crippen LogP contribution in [0.5, 0.6) is 0 Å². The van der Waals surface area contributed by atoms with E-state index in [4.69, 9.17) is 4.52 Å². The van der Waals surface area contributed by atoms with E-state index in [9.17, 15) is 13.2 Å². The minimum Gasteiger partial charge on any atom is -0.339 e. The second-order valence-corrected chi connectivity index (χ2v) is 7.64. The van der Waals surface area contributed by atoms with Gasteiger partial charge < -0.3 is 9.42 Å². The van der Waals surface area contributed by atoms with Crippen LogP contribution in [0.15, 0.2) is 4.52 Å². The van der Waals surface area contributed by atoms with Crippen LogP contribution in [0.2, 0.25) is 0 Å². The van der Waals surface area contributed by atoms with Gasteiger partial charge in [0.15, 0.2) is 5.82 Å². The molecule has 1 fully saturated rings. The first-order valence-corrected chi connectivity index (χ1v) is 9.24. The molecule has 2 rings (SSSR count). The maximum Gasteiger partial charge on any atom is 0.229 e. The summed E-state index contributed by atoms with van der Waals surface area (Å²) in [6, 6.07) is -0.179. The lowest BCUT2D eigenvalue weighted by atomic mass is 10.2. The fraction of sp³-hybridized carbons (Fsp3) is 0.769. The van der Waals surface area contributed by atoms with E-state index in [2.05, 4.69) is 14.9 Å². The maximum atomic E-state index is 12.3. The van der Waals surface area contributed by atoms with E-state index in [0.29, 0.717) is 18.3 Å². The molecule has 9 heteroatoms. The summed E-state index contributed by atoms with van der Waals surface area (Å²) in [6.45, 7) is 4.66. The first kappa shape index (κ1) is 16.9. The molecule has 124 valence electrons. The van der Waals surface area contributed by atoms with Crippen LogP contribution in [0, 0.1) is 0 Å². The molecule has 0 unspecified atom stereocenters. The maximum absolute atomic E-state index is 12.3. The third-order valence-electron chi connectivity index (χ3n) is 3.53. The van der Waals surface area contributed by atoms with Gasteiger partial charge in [0.05, 0.1) is 12.3 Å². The van der Waals surface area contributed by atoms with Crippen LogP contribution in [-0.2, 0) is 14.8 Å². The van der Waals surface area contributed by atoms with Crippen molar-refractivity contribution >= 4 is 15.9 Å². The largest absolute Gasteiger partial charge is 0.339 e. The number of hydrogen-bond acceptors (Lipinski definition) is 6. The molecular weight excluding hydrogens is 308 g/mol. The first-order chi connectivity index (χ1) is 10.3. The van der Waals surface area contributed by atoms with E-state index in [1.807, 2.05) is 13.8 Å². The van der Waals surface area contributed by atoms with Crippen LogP contribution < -0.4 is 4.72 Å². The molecule has 1 saturated heterocycles. The highest BCUT2D eigenvalue weighted by molar-refractivity contribution is 7.88. The van der Waals surface area contributed by atoms with Gasteiger partial charge in [0.2, 0.25) is 21.8 Å². The van der Waals surface area contributed by atoms with Crippen LogP contribution in [0.3, 0.4) is 0 Å². The highest BCUT2D eigenvalue weighted by atomic mass is 32.2. The highest BCUT2D eigenvalue weighted by Crippen LogP contribution is 2.31. The molecule has 1 aliphatic heterocycles. The number of carbonyl (C=O) groups excluding carboxylic acids is 1. The zero-order valence-corrected chi connectivity index (χ0v) is 13.9. The van der Waals surface area contributed by atoms with Crippen LogP contribution in [-0.4, -0.2) is 48.7 Å². The molecule has 0 saturated carbocycles. The van der Waals surface area contributed by atoms with Gasteiger partial charge in [-0.3, -0.25) is 4.79 Å². The van der Waals surface area contributed by atoms with Gasteiger partial charge in [-0.2, -0.15) is 4.98 Å². The van der Waals surface area contributed by atoms with Crippen molar-refractivity contribution in [3.63, 3.8) is 0 Å². The number of likely N-dealkylation sites (tertiary alicyclic amines) is 1. The van der Waals surface area contributed by atoms with Crippen molar-refractivity contribution in [3.05, 3.63) is 11.7 Å². The normalized spacial score (nSPS) is 19.1. The van der Waals surface area contributed by atoms with Crippen molar-refractivity contribution in [1.82, 2.24) is 19.8 Å². The second kappa shape index (κ2) is 6.74. The molecule has 22 heavy (non-hydrogen) atoms. The molecule has 0 aromatic carbocycles. The van der Waals surface area contributed by atoms with Gasteiger partial charge in [-0.25, -0.2) is 13.1 Å². The van der Waals surface area contributed by atoms with Gasteiger partial charge in [-0.1, -0.05) is 19.0 Å². The minimum absolute atomic E-state index is 0.102. The van der Waals surface area contributed by atoms with Crippen LogP contribution in [0.25, 0.3) is 0 Å². The lowest BCUT2D eigenvalue weighted by Crippen LogP contribution is -2.34. The molecule has 0 aliphatic carbocycles. The number of nitrogens with zero attached hydrogens (tertiary/aromatic N) is 3. The molecule has 0 bridgehead atoms. The Kier molecular flexibility index (Phi) is 5.17. The highest BCUT2D eigenvalue weighted by Gasteiger charge is 2.33. The number of aromatic nitrogens is 2. The number of nitrogens with one attached hydrogen (secondary N) is 1. The third-order valence-corrected chi connectivity index (χ3v) is 4.25. The first-order valence-electron chi connectivity index (χ1n) is 7.35. The summed E-state index contributed by atoms with van der Waals surface area (Å²) in [5.41, 5.74) is 0. The van der Waals surface area contributed by atoms with Crippen molar-refractivity contribution in [3.8, 4) is 0 Å². The lowest BCUT2D eigenvalue weighted by molar-refractivity contribution is -0.132. The molecule has 1 aromatic heterocycles. The summed E-state index contributed by atoms with van der Waals surface area (Å²) in [7, 11) is -3.28. The average molecular weight is 330 g/mol. The molecule has 1 aliphatic rings. The molecule has 0 radical (unpaired) electrons. The van der Waals surface area contributed by atoms with Gasteiger partial charge in [0.1, 0.15) is 0 Å². The summed E-state index contributed by atoms with van der Waals surface area (Å²) in [5.74, 6) is 1.14. The number of amides is 1. The molecule has 8 nitrogen and oxygen atoms in total. The summed E-state index contributed by atoms with van der Waals surface area (Å²) in [4.78, 5) is 18.3. The van der Waals surface area contributed by atoms with Gasteiger partial charge >= 0.3 is 0 Å². The molecule has 1 atom stereocenters. The Morgan fingerprint density at radius 1 is 1.50 bits per heavy atom. The van der Waals surface area contributed by atoms with Crippen molar-refractivity contribution in [2.75, 3.05) is 19.3 Å². The van der Waals surface area contributed by atoms with Crippen molar-refractivity contribution in [1.29, 1.82) is 0 Å². The average Bonchev–Trinajstić information content (AvgIpc) is 3.05. The Balaban J connectivity index is 1.98. The lowest BCUT2D eigenvalue weighted by Gasteiger charge is -2.22. The van der Waals surface area contributed by atoms with Gasteiger partial charge in [0.25, 0.3) is 0 Å². The standard InChI is InChI=1S/C13H22N4O4S/c1-9(2)13-15-12(16-21-13)10-5-4-8-17(10)11(18)6-7-14-22(3,19)20/h9-10,14H,4-8H2,1-3H3/t10-/m1/s1. The number of carbonyl (C=O) groups is 1. The Hall–Kier alpha value is -1.48. The van der Waals surface area contributed by atoms with Crippen LogP contribution in [0.4, 0.5) is 0 Å². The zero-order chi connectivity index (χ0) is 16.3. The fourth-order valence-corrected chi connectivity index (χ4v) is 2.91. The predicted molar refractivity (Wildman–Crippen MR) is 79.5 cm³/mol. The fourth-order valence-electron chi connectivity index (χ4n) is 2.44. The molecule has 0 spiro atoms. The Labute approximate surface area is 130 Å². The minimum atomic E-state index is -3.28. The zero-order valence-electron chi connectivity index (χ0n) is 13.1. The van der Waals surface area contributed by atoms with E-state index >= 15 is 0 Å². The van der Waals surface area contributed by atoms with E-state index < -0.39 is 10.0 Å². The second-order valence-electron chi connectivity index (χ2n) is 5.81. The molecule has 1 N–H and O–H groups in total. The summed E-state index contributed by atoms with van der Waals surface area (Å²) in [6.07, 6.45) is 2.87. The topological polar surface area (TPSA) is 105 Å². The molecule has 1 amide bonds. The Morgan fingerprint density at radius 2 is 2.23 bits per heavy atom. The van der Waals surface area contributed by atoms with Crippen LogP contribution in [0.1, 0.15) is 56.8 Å². The Bertz CT molecular complexity index is 626. The van der Waals surface area contributed by atoms with E-state index in [1.54, 1.807) is 4.90 Å². The third kappa shape index (κ3) is 4.26. The smallest absolute Gasteiger partial charge is 0.229 e. The predicted octanol–water partition coefficient (Wildman–Crippen LogP) is 0.796. The molecule has 2 heterocycles. The number of sulfonamides is 1. The SMILES string of the molecule is CC(C)c1nc([C@H]2CCCN2C(=O)CCNS(C)(=O)=O)no1. The van der Waals surface area contributed by atoms with Gasteiger partial charge in [-0.15, -0.1) is 0 Å². The summed E-state index contributed by atoms with van der Waals surface area (Å²) in [5, 5.41) is 3.98. The quantitative estimate of drug-likeness (QED) is 0.827. The monoisotopic (exact) mass is 330 g/mol. The van der Waals surface area contributed by atoms with Crippen molar-refractivity contribution in [2.24, 2.45) is 0 Å². The van der Waals surface area contributed by atoms with E-state index in [0.717, 1.165) is 19.1 Å². The van der Waals surface area contributed by atoms with Crippen molar-refractivity contribution in [2.45, 2.75) is 45.1 Å². The molecular formula is C13H22N4O4S. The number of hydrogen-bond donors (Lipinski definition) is 1. The Morgan fingerprint density at radius 3 is 2.82 bits per heavy atom. The van der Waals surface area contributed by atoms with Gasteiger partial charge in [0, 0.05) is 25.4 Å². The summed E-state index contributed by atoms with van der Waals surface area (Å²) < 4.78 is 29.6. The van der Waals surface area contributed by atoms with Crippen LogP contribution >= 0.6 is 0 Å². The summed E-state index contributed by atoms with van der Waals surface area (Å²) >= 11 is 0.